The summed E-state index contributed by atoms with van der Waals surface area (Å²) in [5, 5.41) is 17.3. The van der Waals surface area contributed by atoms with E-state index in [0.717, 1.165) is 18.4 Å². The number of carbonyl (C=O) groups excluding carboxylic acids is 1. The highest BCUT2D eigenvalue weighted by Gasteiger charge is 2.19. The second kappa shape index (κ2) is 6.47. The van der Waals surface area contributed by atoms with Crippen LogP contribution in [0, 0.1) is 6.92 Å². The number of H-pyrrole nitrogens is 1. The summed E-state index contributed by atoms with van der Waals surface area (Å²) in [6.45, 7) is 3.89. The van der Waals surface area contributed by atoms with Crippen LogP contribution in [0.4, 0.5) is 0 Å². The number of aryl methyl sites for hydroxylation is 1. The maximum absolute atomic E-state index is 12.3. The largest absolute Gasteiger partial charge is 0.342 e. The molecule has 0 saturated carbocycles. The van der Waals surface area contributed by atoms with Crippen LogP contribution in [0.2, 0.25) is 5.02 Å². The minimum absolute atomic E-state index is 0.164. The third-order valence-electron chi connectivity index (χ3n) is 2.99. The van der Waals surface area contributed by atoms with E-state index in [0.29, 0.717) is 16.4 Å². The topological polar surface area (TPSA) is 83.6 Å². The quantitative estimate of drug-likeness (QED) is 0.887. The van der Waals surface area contributed by atoms with Gasteiger partial charge in [-0.05, 0) is 37.1 Å². The zero-order chi connectivity index (χ0) is 14.5. The highest BCUT2D eigenvalue weighted by atomic mass is 35.5. The number of carbonyl (C=O) groups is 1. The van der Waals surface area contributed by atoms with Crippen molar-refractivity contribution >= 4 is 17.5 Å². The van der Waals surface area contributed by atoms with Gasteiger partial charge in [0.05, 0.1) is 6.04 Å². The number of aromatic amines is 1. The first kappa shape index (κ1) is 14.5. The molecule has 0 aliphatic carbocycles. The van der Waals surface area contributed by atoms with E-state index < -0.39 is 0 Å². The number of nitrogens with zero attached hydrogens (tertiary/aromatic N) is 3. The maximum Gasteiger partial charge on any atom is 0.252 e. The van der Waals surface area contributed by atoms with Crippen molar-refractivity contribution in [3.05, 3.63) is 40.2 Å². The molecule has 2 aromatic rings. The first-order valence-corrected chi connectivity index (χ1v) is 6.80. The van der Waals surface area contributed by atoms with Crippen molar-refractivity contribution in [1.82, 2.24) is 25.9 Å². The molecule has 1 atom stereocenters. The van der Waals surface area contributed by atoms with E-state index in [9.17, 15) is 4.79 Å². The number of hydrogen-bond acceptors (Lipinski definition) is 4. The Bertz CT molecular complexity index is 584. The van der Waals surface area contributed by atoms with Crippen LogP contribution in [0.3, 0.4) is 0 Å². The van der Waals surface area contributed by atoms with Gasteiger partial charge in [-0.3, -0.25) is 4.79 Å². The second-order valence-corrected chi connectivity index (χ2v) is 4.98. The lowest BCUT2D eigenvalue weighted by atomic mass is 10.1. The Morgan fingerprint density at radius 2 is 2.30 bits per heavy atom. The van der Waals surface area contributed by atoms with Crippen molar-refractivity contribution in [3.63, 3.8) is 0 Å². The predicted octanol–water partition coefficient (Wildman–Crippen LogP) is 2.43. The molecule has 2 rings (SSSR count). The van der Waals surface area contributed by atoms with E-state index in [4.69, 9.17) is 11.6 Å². The molecule has 1 aromatic heterocycles. The Hall–Kier alpha value is -1.95. The van der Waals surface area contributed by atoms with Gasteiger partial charge in [-0.2, -0.15) is 5.21 Å². The molecule has 0 aliphatic heterocycles. The molecule has 1 heterocycles. The summed E-state index contributed by atoms with van der Waals surface area (Å²) in [6, 6.07) is 4.93. The van der Waals surface area contributed by atoms with Crippen LogP contribution in [0.25, 0.3) is 0 Å². The highest BCUT2D eigenvalue weighted by molar-refractivity contribution is 6.30. The summed E-state index contributed by atoms with van der Waals surface area (Å²) < 4.78 is 0. The molecule has 0 bridgehead atoms. The Kier molecular flexibility index (Phi) is 4.68. The Labute approximate surface area is 121 Å². The van der Waals surface area contributed by atoms with Crippen LogP contribution in [0.15, 0.2) is 18.2 Å². The zero-order valence-electron chi connectivity index (χ0n) is 11.4. The first-order chi connectivity index (χ1) is 9.61. The van der Waals surface area contributed by atoms with Crippen LogP contribution in [0.1, 0.15) is 47.6 Å². The van der Waals surface area contributed by atoms with E-state index in [1.165, 1.54) is 0 Å². The number of hydrogen-bond donors (Lipinski definition) is 2. The Morgan fingerprint density at radius 3 is 2.90 bits per heavy atom. The molecule has 106 valence electrons. The Morgan fingerprint density at radius 1 is 1.50 bits per heavy atom. The number of amides is 1. The second-order valence-electron chi connectivity index (χ2n) is 4.54. The minimum Gasteiger partial charge on any atom is -0.342 e. The molecule has 0 radical (unpaired) electrons. The van der Waals surface area contributed by atoms with E-state index in [-0.39, 0.29) is 11.9 Å². The van der Waals surface area contributed by atoms with Crippen molar-refractivity contribution in [1.29, 1.82) is 0 Å². The molecule has 20 heavy (non-hydrogen) atoms. The fourth-order valence-electron chi connectivity index (χ4n) is 1.99. The fraction of sp³-hybridized carbons (Fsp3) is 0.385. The van der Waals surface area contributed by atoms with Crippen LogP contribution in [-0.4, -0.2) is 26.5 Å². The summed E-state index contributed by atoms with van der Waals surface area (Å²) in [6.07, 6.45) is 1.65. The van der Waals surface area contributed by atoms with Crippen LogP contribution in [-0.2, 0) is 0 Å². The van der Waals surface area contributed by atoms with Crippen LogP contribution in [0.5, 0.6) is 0 Å². The van der Waals surface area contributed by atoms with Gasteiger partial charge in [0.1, 0.15) is 0 Å². The predicted molar refractivity (Wildman–Crippen MR) is 75.5 cm³/mol. The van der Waals surface area contributed by atoms with Gasteiger partial charge >= 0.3 is 0 Å². The van der Waals surface area contributed by atoms with E-state index in [1.54, 1.807) is 18.2 Å². The number of rotatable bonds is 5. The van der Waals surface area contributed by atoms with E-state index >= 15 is 0 Å². The normalized spacial score (nSPS) is 12.2. The number of tetrazole rings is 1. The lowest BCUT2D eigenvalue weighted by molar-refractivity contribution is 0.0932. The third-order valence-corrected chi connectivity index (χ3v) is 3.22. The Balaban J connectivity index is 2.16. The van der Waals surface area contributed by atoms with Gasteiger partial charge < -0.3 is 5.32 Å². The lowest BCUT2D eigenvalue weighted by Gasteiger charge is -2.15. The molecule has 0 saturated heterocycles. The maximum atomic E-state index is 12.3. The smallest absolute Gasteiger partial charge is 0.252 e. The molecule has 1 aromatic carbocycles. The summed E-state index contributed by atoms with van der Waals surface area (Å²) in [7, 11) is 0. The van der Waals surface area contributed by atoms with Gasteiger partial charge in [0.15, 0.2) is 5.82 Å². The molecule has 1 amide bonds. The molecule has 6 nitrogen and oxygen atoms in total. The van der Waals surface area contributed by atoms with Crippen LogP contribution >= 0.6 is 11.6 Å². The van der Waals surface area contributed by atoms with Crippen LogP contribution < -0.4 is 5.32 Å². The average Bonchev–Trinajstić information content (AvgIpc) is 2.91. The SMILES string of the molecule is CCCC(NC(=O)c1ccc(Cl)cc1C)c1nn[nH]n1. The number of aromatic nitrogens is 4. The molecular formula is C13H16ClN5O. The first-order valence-electron chi connectivity index (χ1n) is 6.42. The molecule has 2 N–H and O–H groups in total. The fourth-order valence-corrected chi connectivity index (χ4v) is 2.22. The minimum atomic E-state index is -0.249. The lowest BCUT2D eigenvalue weighted by Crippen LogP contribution is -2.29. The van der Waals surface area contributed by atoms with E-state index in [2.05, 4.69) is 25.9 Å². The molecule has 0 aliphatic rings. The van der Waals surface area contributed by atoms with Gasteiger partial charge in [0, 0.05) is 10.6 Å². The van der Waals surface area contributed by atoms with Crippen molar-refractivity contribution in [3.8, 4) is 0 Å². The molecule has 1 unspecified atom stereocenters. The number of benzene rings is 1. The monoisotopic (exact) mass is 293 g/mol. The average molecular weight is 294 g/mol. The number of halogens is 1. The highest BCUT2D eigenvalue weighted by Crippen LogP contribution is 2.18. The molecule has 0 fully saturated rings. The summed E-state index contributed by atoms with van der Waals surface area (Å²) in [5.74, 6) is 0.328. The summed E-state index contributed by atoms with van der Waals surface area (Å²) in [4.78, 5) is 12.3. The van der Waals surface area contributed by atoms with Gasteiger partial charge in [0.2, 0.25) is 0 Å². The molecule has 7 heteroatoms. The van der Waals surface area contributed by atoms with Crippen molar-refractivity contribution in [2.75, 3.05) is 0 Å². The molecular weight excluding hydrogens is 278 g/mol. The van der Waals surface area contributed by atoms with Gasteiger partial charge in [0.25, 0.3) is 5.91 Å². The van der Waals surface area contributed by atoms with Crippen molar-refractivity contribution in [2.24, 2.45) is 0 Å². The molecule has 0 spiro atoms. The third kappa shape index (κ3) is 3.33. The number of nitrogens with one attached hydrogen (secondary N) is 2. The summed E-state index contributed by atoms with van der Waals surface area (Å²) in [5.41, 5.74) is 1.43. The zero-order valence-corrected chi connectivity index (χ0v) is 12.1. The van der Waals surface area contributed by atoms with Crippen molar-refractivity contribution < 1.29 is 4.79 Å². The standard InChI is InChI=1S/C13H16ClN5O/c1-3-4-11(12-16-18-19-17-12)15-13(20)10-6-5-9(14)7-8(10)2/h5-7,11H,3-4H2,1-2H3,(H,15,20)(H,16,17,18,19). The van der Waals surface area contributed by atoms with E-state index in [1.807, 2.05) is 13.8 Å². The van der Waals surface area contributed by atoms with Gasteiger partial charge in [-0.15, -0.1) is 10.2 Å². The van der Waals surface area contributed by atoms with Gasteiger partial charge in [-0.25, -0.2) is 0 Å². The van der Waals surface area contributed by atoms with Crippen molar-refractivity contribution in [2.45, 2.75) is 32.7 Å². The summed E-state index contributed by atoms with van der Waals surface area (Å²) >= 11 is 5.89. The van der Waals surface area contributed by atoms with Gasteiger partial charge in [-0.1, -0.05) is 30.2 Å².